The summed E-state index contributed by atoms with van der Waals surface area (Å²) < 4.78 is 10.2. The summed E-state index contributed by atoms with van der Waals surface area (Å²) >= 11 is 6.16. The quantitative estimate of drug-likeness (QED) is 0.193. The number of ether oxygens (including phenoxy) is 1. The van der Waals surface area contributed by atoms with Crippen LogP contribution >= 0.6 is 11.6 Å². The molecule has 1 amide bonds. The number of aliphatic hydroxyl groups excluding tert-OH is 1. The van der Waals surface area contributed by atoms with E-state index in [4.69, 9.17) is 20.9 Å². The number of hydrogen-bond donors (Lipinski definition) is 1. The van der Waals surface area contributed by atoms with Crippen molar-refractivity contribution in [2.75, 3.05) is 12.0 Å². The molecule has 1 aliphatic rings. The summed E-state index contributed by atoms with van der Waals surface area (Å²) in [7, 11) is 1.43. The first kappa shape index (κ1) is 22.0. The molecule has 168 valence electrons. The number of halogens is 1. The number of nitrogens with zero attached hydrogens (tertiary/aromatic N) is 3. The second kappa shape index (κ2) is 8.40. The van der Waals surface area contributed by atoms with Crippen LogP contribution in [0.3, 0.4) is 0 Å². The number of ketones is 1. The fraction of sp³-hybridized carbons (Fsp3) is 0.136. The number of hydrogen-bond acceptors (Lipinski definition) is 8. The van der Waals surface area contributed by atoms with Crippen LogP contribution in [-0.2, 0) is 9.59 Å². The van der Waals surface area contributed by atoms with E-state index in [0.29, 0.717) is 11.5 Å². The van der Waals surface area contributed by atoms with Gasteiger partial charge in [-0.05, 0) is 30.7 Å². The van der Waals surface area contributed by atoms with Crippen LogP contribution in [0.5, 0.6) is 5.75 Å². The highest BCUT2D eigenvalue weighted by atomic mass is 35.5. The monoisotopic (exact) mass is 469 g/mol. The van der Waals surface area contributed by atoms with Crippen molar-refractivity contribution in [2.45, 2.75) is 13.0 Å². The van der Waals surface area contributed by atoms with Crippen molar-refractivity contribution < 1.29 is 28.9 Å². The molecule has 1 saturated heterocycles. The molecule has 10 nitrogen and oxygen atoms in total. The van der Waals surface area contributed by atoms with Gasteiger partial charge in [0.2, 0.25) is 0 Å². The van der Waals surface area contributed by atoms with Crippen molar-refractivity contribution in [2.24, 2.45) is 0 Å². The molecule has 1 N–H and O–H groups in total. The third kappa shape index (κ3) is 3.80. The molecule has 2 heterocycles. The van der Waals surface area contributed by atoms with Crippen LogP contribution in [0, 0.1) is 17.0 Å². The fourth-order valence-corrected chi connectivity index (χ4v) is 3.89. The third-order valence-corrected chi connectivity index (χ3v) is 5.42. The first-order chi connectivity index (χ1) is 15.7. The number of aromatic nitrogens is 1. The smallest absolute Gasteiger partial charge is 0.301 e. The molecule has 1 fully saturated rings. The highest BCUT2D eigenvalue weighted by Crippen LogP contribution is 2.43. The SMILES string of the molecule is COc1ccc(C(O)=C2C(=O)C(=O)N(c3cc(C)on3)C2c2cccc([N+](=O)[O-])c2)cc1Cl. The predicted octanol–water partition coefficient (Wildman–Crippen LogP) is 4.18. The molecule has 1 aromatic heterocycles. The highest BCUT2D eigenvalue weighted by Gasteiger charge is 2.48. The topological polar surface area (TPSA) is 136 Å². The number of methoxy groups -OCH3 is 1. The Bertz CT molecular complexity index is 1330. The van der Waals surface area contributed by atoms with Crippen LogP contribution in [0.15, 0.2) is 58.6 Å². The minimum atomic E-state index is -1.20. The minimum absolute atomic E-state index is 0.0259. The second-order valence-corrected chi connectivity index (χ2v) is 7.57. The van der Waals surface area contributed by atoms with E-state index in [-0.39, 0.29) is 33.2 Å². The number of rotatable bonds is 5. The van der Waals surface area contributed by atoms with Gasteiger partial charge in [0.1, 0.15) is 17.3 Å². The van der Waals surface area contributed by atoms with E-state index in [9.17, 15) is 24.8 Å². The molecule has 0 radical (unpaired) electrons. The zero-order valence-electron chi connectivity index (χ0n) is 17.3. The summed E-state index contributed by atoms with van der Waals surface area (Å²) in [6, 6.07) is 10.0. The van der Waals surface area contributed by atoms with Gasteiger partial charge in [0.05, 0.1) is 28.7 Å². The predicted molar refractivity (Wildman–Crippen MR) is 117 cm³/mol. The average molecular weight is 470 g/mol. The van der Waals surface area contributed by atoms with Gasteiger partial charge >= 0.3 is 5.91 Å². The lowest BCUT2D eigenvalue weighted by Crippen LogP contribution is -2.29. The summed E-state index contributed by atoms with van der Waals surface area (Å²) in [4.78, 5) is 37.8. The van der Waals surface area contributed by atoms with Crippen LogP contribution in [0.4, 0.5) is 11.5 Å². The first-order valence-electron chi connectivity index (χ1n) is 9.55. The maximum Gasteiger partial charge on any atom is 0.301 e. The van der Waals surface area contributed by atoms with Gasteiger partial charge < -0.3 is 14.4 Å². The van der Waals surface area contributed by atoms with Crippen molar-refractivity contribution in [3.63, 3.8) is 0 Å². The van der Waals surface area contributed by atoms with E-state index in [1.807, 2.05) is 0 Å². The van der Waals surface area contributed by atoms with Crippen molar-refractivity contribution in [1.82, 2.24) is 5.16 Å². The van der Waals surface area contributed by atoms with Gasteiger partial charge in [-0.3, -0.25) is 24.6 Å². The van der Waals surface area contributed by atoms with E-state index in [1.165, 1.54) is 55.6 Å². The Morgan fingerprint density at radius 1 is 1.24 bits per heavy atom. The van der Waals surface area contributed by atoms with Crippen LogP contribution in [0.25, 0.3) is 5.76 Å². The van der Waals surface area contributed by atoms with Crippen LogP contribution < -0.4 is 9.64 Å². The van der Waals surface area contributed by atoms with Crippen molar-refractivity contribution in [1.29, 1.82) is 0 Å². The summed E-state index contributed by atoms with van der Waals surface area (Å²) in [6.45, 7) is 1.61. The van der Waals surface area contributed by atoms with Gasteiger partial charge in [-0.2, -0.15) is 0 Å². The molecule has 0 spiro atoms. The Labute approximate surface area is 191 Å². The van der Waals surface area contributed by atoms with Crippen molar-refractivity contribution in [3.05, 3.63) is 86.1 Å². The number of carbonyl (C=O) groups is 2. The van der Waals surface area contributed by atoms with Crippen molar-refractivity contribution >= 4 is 40.6 Å². The van der Waals surface area contributed by atoms with Gasteiger partial charge in [-0.25, -0.2) is 0 Å². The molecule has 0 aliphatic carbocycles. The summed E-state index contributed by atoms with van der Waals surface area (Å²) in [6.07, 6.45) is 0. The summed E-state index contributed by atoms with van der Waals surface area (Å²) in [5.41, 5.74) is -0.139. The second-order valence-electron chi connectivity index (χ2n) is 7.17. The Kier molecular flexibility index (Phi) is 5.60. The van der Waals surface area contributed by atoms with Crippen molar-refractivity contribution in [3.8, 4) is 5.75 Å². The van der Waals surface area contributed by atoms with E-state index in [0.717, 1.165) is 4.90 Å². The Morgan fingerprint density at radius 2 is 2.00 bits per heavy atom. The lowest BCUT2D eigenvalue weighted by Gasteiger charge is -2.22. The number of nitro groups is 1. The van der Waals surface area contributed by atoms with Crippen LogP contribution in [0.1, 0.15) is 22.9 Å². The lowest BCUT2D eigenvalue weighted by molar-refractivity contribution is -0.384. The number of anilines is 1. The van der Waals surface area contributed by atoms with Gasteiger partial charge in [-0.1, -0.05) is 28.9 Å². The van der Waals surface area contributed by atoms with E-state index < -0.39 is 28.4 Å². The van der Waals surface area contributed by atoms with Crippen LogP contribution in [-0.4, -0.2) is 34.0 Å². The van der Waals surface area contributed by atoms with E-state index >= 15 is 0 Å². The molecule has 1 aliphatic heterocycles. The number of aryl methyl sites for hydroxylation is 1. The third-order valence-electron chi connectivity index (χ3n) is 5.13. The molecule has 2 aromatic carbocycles. The largest absolute Gasteiger partial charge is 0.507 e. The molecule has 4 rings (SSSR count). The lowest BCUT2D eigenvalue weighted by atomic mass is 9.95. The number of benzene rings is 2. The van der Waals surface area contributed by atoms with E-state index in [2.05, 4.69) is 5.16 Å². The molecular formula is C22H16ClN3O7. The molecule has 0 bridgehead atoms. The van der Waals surface area contributed by atoms with Gasteiger partial charge in [0, 0.05) is 23.8 Å². The fourth-order valence-electron chi connectivity index (χ4n) is 3.63. The zero-order chi connectivity index (χ0) is 23.9. The minimum Gasteiger partial charge on any atom is -0.507 e. The summed E-state index contributed by atoms with van der Waals surface area (Å²) in [5, 5.41) is 26.4. The van der Waals surface area contributed by atoms with Gasteiger partial charge in [0.15, 0.2) is 5.82 Å². The van der Waals surface area contributed by atoms with Gasteiger partial charge in [0.25, 0.3) is 11.5 Å². The summed E-state index contributed by atoms with van der Waals surface area (Å²) in [5.74, 6) is -1.71. The molecule has 0 saturated carbocycles. The number of nitro benzene ring substituents is 1. The molecular weight excluding hydrogens is 454 g/mol. The van der Waals surface area contributed by atoms with Crippen LogP contribution in [0.2, 0.25) is 5.02 Å². The molecule has 1 unspecified atom stereocenters. The Balaban J connectivity index is 1.96. The maximum absolute atomic E-state index is 13.1. The number of amides is 1. The molecule has 33 heavy (non-hydrogen) atoms. The van der Waals surface area contributed by atoms with E-state index in [1.54, 1.807) is 6.92 Å². The highest BCUT2D eigenvalue weighted by molar-refractivity contribution is 6.51. The molecule has 1 atom stereocenters. The maximum atomic E-state index is 13.1. The van der Waals surface area contributed by atoms with Gasteiger partial charge in [-0.15, -0.1) is 0 Å². The Hall–Kier alpha value is -4.18. The number of non-ortho nitro benzene ring substituents is 1. The molecule has 3 aromatic rings. The number of Topliss-reactive ketones (excluding diaryl/α,β-unsaturated/α-hetero) is 1. The first-order valence-corrected chi connectivity index (χ1v) is 9.93. The number of carbonyl (C=O) groups excluding carboxylic acids is 2. The number of aliphatic hydroxyl groups is 1. The molecule has 11 heteroatoms. The standard InChI is InChI=1S/C22H16ClN3O7/c1-11-8-17(24-33-11)25-19(12-4-3-5-14(9-12)26(30)31)18(21(28)22(25)29)20(27)13-6-7-16(32-2)15(23)10-13/h3-10,19,27H,1-2H3. The Morgan fingerprint density at radius 3 is 2.61 bits per heavy atom. The normalized spacial score (nSPS) is 17.4. The zero-order valence-corrected chi connectivity index (χ0v) is 18.1. The average Bonchev–Trinajstić information content (AvgIpc) is 3.34.